The molecule has 0 aliphatic rings. The maximum Gasteiger partial charge on any atom is 0 e. The van der Waals surface area contributed by atoms with E-state index in [1.54, 1.807) is 0 Å². The molecule has 0 aliphatic heterocycles. The van der Waals surface area contributed by atoms with Crippen LogP contribution in [0.25, 0.3) is 53.8 Å². The van der Waals surface area contributed by atoms with Gasteiger partial charge in [-0.15, -0.1) is 23.8 Å². The van der Waals surface area contributed by atoms with Crippen LogP contribution < -0.4 is 4.40 Å². The molecule has 0 saturated carbocycles. The summed E-state index contributed by atoms with van der Waals surface area (Å²) in [7, 11) is 0. The van der Waals surface area contributed by atoms with Gasteiger partial charge in [-0.05, 0) is 56.9 Å². The number of fused-ring (bicyclic) bond motifs is 3. The van der Waals surface area contributed by atoms with Crippen molar-refractivity contribution < 1.29 is 20.1 Å². The molecule has 0 atom stereocenters. The van der Waals surface area contributed by atoms with Gasteiger partial charge < -0.3 is 4.98 Å². The van der Waals surface area contributed by atoms with E-state index in [1.807, 2.05) is 41.8 Å². The molecule has 0 spiro atoms. The maximum atomic E-state index is 4.70. The van der Waals surface area contributed by atoms with E-state index in [0.717, 1.165) is 28.9 Å². The summed E-state index contributed by atoms with van der Waals surface area (Å²) < 4.78 is 4.05. The molecular weight excluding hydrogens is 841 g/mol. The van der Waals surface area contributed by atoms with Crippen LogP contribution in [0, 0.1) is 24.5 Å². The van der Waals surface area contributed by atoms with Gasteiger partial charge in [-0.1, -0.05) is 74.2 Å². The van der Waals surface area contributed by atoms with Crippen molar-refractivity contribution in [3.63, 3.8) is 0 Å². The monoisotopic (exact) mass is 885 g/mol. The SMILES string of the molecule is CC(C)(C)Cc1ccnc(-c2[c-]ccc3c2sc2ccc(-c4ccccc4)cc23)c1.Cc1cc(-c2[c-]cccc2)nc[c]1[Ge]([CH3])([CH3])[CH3].[Ir]. The van der Waals surface area contributed by atoms with Gasteiger partial charge in [-0.3, -0.25) is 0 Å². The summed E-state index contributed by atoms with van der Waals surface area (Å²) in [5.41, 5.74) is 9.66. The van der Waals surface area contributed by atoms with Crippen LogP contribution in [-0.2, 0) is 26.5 Å². The van der Waals surface area contributed by atoms with Gasteiger partial charge in [0, 0.05) is 31.0 Å². The minimum atomic E-state index is -1.77. The maximum absolute atomic E-state index is 4.70. The Morgan fingerprint density at radius 2 is 1.50 bits per heavy atom. The Labute approximate surface area is 306 Å². The zero-order chi connectivity index (χ0) is 33.2. The number of aromatic nitrogens is 2. The van der Waals surface area contributed by atoms with Gasteiger partial charge in [0.15, 0.2) is 0 Å². The van der Waals surface area contributed by atoms with E-state index in [9.17, 15) is 0 Å². The Balaban J connectivity index is 0.000000214. The van der Waals surface area contributed by atoms with E-state index < -0.39 is 13.3 Å². The van der Waals surface area contributed by atoms with Crippen molar-refractivity contribution >= 4 is 49.2 Å². The Hall–Kier alpha value is -3.41. The number of pyridine rings is 2. The van der Waals surface area contributed by atoms with Crippen molar-refractivity contribution in [3.05, 3.63) is 139 Å². The summed E-state index contributed by atoms with van der Waals surface area (Å²) >= 11 is 0.0622. The van der Waals surface area contributed by atoms with Crippen LogP contribution in [0.4, 0.5) is 0 Å². The first kappa shape index (κ1) is 35.9. The first-order valence-electron chi connectivity index (χ1n) is 16.3. The quantitative estimate of drug-likeness (QED) is 0.127. The first-order valence-corrected chi connectivity index (χ1v) is 24.4. The van der Waals surface area contributed by atoms with Gasteiger partial charge in [-0.25, -0.2) is 0 Å². The predicted octanol–water partition coefficient (Wildman–Crippen LogP) is 11.6. The average molecular weight is 884 g/mol. The standard InChI is InChI=1S/C28H24NS.C15H18GeN.Ir/c1-28(2,3)18-19-14-15-29-25(16-19)23-11-7-10-22-24-17-21(20-8-5-4-6-9-20)12-13-26(24)30-27(22)23;1-12-10-15(13-8-6-5-7-9-13)17-11-14(12)16(2,3)4;/h4-10,12-17H,18H2,1-3H3;5-8,10-11H,1-4H3;/q2*-1;. The molecule has 7 aromatic rings. The number of benzene rings is 4. The third-order valence-electron chi connectivity index (χ3n) is 8.26. The Morgan fingerprint density at radius 3 is 2.19 bits per heavy atom. The van der Waals surface area contributed by atoms with Gasteiger partial charge in [-0.2, -0.15) is 11.3 Å². The average Bonchev–Trinajstić information content (AvgIpc) is 3.43. The Kier molecular flexibility index (Phi) is 11.2. The molecule has 2 nitrogen and oxygen atoms in total. The number of hydrogen-bond acceptors (Lipinski definition) is 3. The fourth-order valence-electron chi connectivity index (χ4n) is 6.12. The van der Waals surface area contributed by atoms with E-state index in [2.05, 4.69) is 147 Å². The minimum absolute atomic E-state index is 0. The second kappa shape index (κ2) is 15.0. The topological polar surface area (TPSA) is 25.8 Å². The molecule has 0 fully saturated rings. The van der Waals surface area contributed by atoms with E-state index in [-0.39, 0.29) is 25.5 Å². The summed E-state index contributed by atoms with van der Waals surface area (Å²) in [4.78, 5) is 9.29. The molecule has 245 valence electrons. The fraction of sp³-hybridized carbons (Fsp3) is 0.209. The fourth-order valence-corrected chi connectivity index (χ4v) is 10.9. The number of thiophene rings is 1. The van der Waals surface area contributed by atoms with Crippen LogP contribution in [0.15, 0.2) is 116 Å². The van der Waals surface area contributed by atoms with Gasteiger partial charge in [0.05, 0.1) is 0 Å². The molecular formula is C43H42GeIrN2S-2. The van der Waals surface area contributed by atoms with Crippen LogP contribution in [-0.4, -0.2) is 23.2 Å². The van der Waals surface area contributed by atoms with Crippen molar-refractivity contribution in [2.45, 2.75) is 51.4 Å². The molecule has 4 aromatic carbocycles. The second-order valence-corrected chi connectivity index (χ2v) is 26.1. The molecule has 3 heterocycles. The van der Waals surface area contributed by atoms with Crippen molar-refractivity contribution in [1.29, 1.82) is 0 Å². The number of hydrogen-bond donors (Lipinski definition) is 0. The normalized spacial score (nSPS) is 11.6. The van der Waals surface area contributed by atoms with Crippen LogP contribution in [0.2, 0.25) is 17.3 Å². The van der Waals surface area contributed by atoms with Gasteiger partial charge in [0.25, 0.3) is 0 Å². The largest absolute Gasteiger partial charge is 0 e. The zero-order valence-electron chi connectivity index (χ0n) is 28.8. The molecule has 1 radical (unpaired) electrons. The van der Waals surface area contributed by atoms with Gasteiger partial charge >= 0.3 is 106 Å². The first-order chi connectivity index (χ1) is 22.5. The molecule has 5 heteroatoms. The van der Waals surface area contributed by atoms with Crippen LogP contribution in [0.3, 0.4) is 0 Å². The molecule has 0 bridgehead atoms. The van der Waals surface area contributed by atoms with Gasteiger partial charge in [0.2, 0.25) is 0 Å². The number of aryl methyl sites for hydroxylation is 1. The number of nitrogens with zero attached hydrogens (tertiary/aromatic N) is 2. The minimum Gasteiger partial charge on any atom is 0 e. The Bertz CT molecular complexity index is 2140. The summed E-state index contributed by atoms with van der Waals surface area (Å²) in [6.07, 6.45) is 5.04. The van der Waals surface area contributed by atoms with Crippen LogP contribution in [0.5, 0.6) is 0 Å². The predicted molar refractivity (Wildman–Crippen MR) is 206 cm³/mol. The van der Waals surface area contributed by atoms with E-state index in [1.165, 1.54) is 46.8 Å². The summed E-state index contributed by atoms with van der Waals surface area (Å²) in [5, 5.41) is 2.59. The number of rotatable bonds is 5. The van der Waals surface area contributed by atoms with Crippen molar-refractivity contribution in [2.24, 2.45) is 5.41 Å². The van der Waals surface area contributed by atoms with E-state index in [4.69, 9.17) is 4.98 Å². The molecule has 0 aliphatic carbocycles. The van der Waals surface area contributed by atoms with Crippen LogP contribution in [0.1, 0.15) is 31.9 Å². The molecule has 0 saturated heterocycles. The van der Waals surface area contributed by atoms with E-state index >= 15 is 0 Å². The third-order valence-corrected chi connectivity index (χ3v) is 13.9. The molecule has 0 amide bonds. The summed E-state index contributed by atoms with van der Waals surface area (Å²) in [6.45, 7) is 9.02. The Morgan fingerprint density at radius 1 is 0.729 bits per heavy atom. The van der Waals surface area contributed by atoms with Crippen molar-refractivity contribution in [3.8, 4) is 33.6 Å². The van der Waals surface area contributed by atoms with Crippen LogP contribution >= 0.6 is 11.3 Å². The van der Waals surface area contributed by atoms with Gasteiger partial charge in [0.1, 0.15) is 0 Å². The molecule has 48 heavy (non-hydrogen) atoms. The smallest absolute Gasteiger partial charge is 0 e. The molecule has 7 rings (SSSR count). The van der Waals surface area contributed by atoms with Crippen molar-refractivity contribution in [2.75, 3.05) is 0 Å². The summed E-state index contributed by atoms with van der Waals surface area (Å²) in [5.74, 6) is 7.20. The molecule has 3 aromatic heterocycles. The van der Waals surface area contributed by atoms with Crippen molar-refractivity contribution in [1.82, 2.24) is 9.97 Å². The molecule has 0 N–H and O–H groups in total. The van der Waals surface area contributed by atoms with E-state index in [0.29, 0.717) is 0 Å². The zero-order valence-corrected chi connectivity index (χ0v) is 34.1. The summed E-state index contributed by atoms with van der Waals surface area (Å²) in [6, 6.07) is 42.8. The third kappa shape index (κ3) is 8.41. The second-order valence-electron chi connectivity index (χ2n) is 14.5. The molecule has 0 unspecified atom stereocenters.